The number of nitrogens with two attached hydrogens (primary N) is 1. The lowest BCUT2D eigenvalue weighted by Gasteiger charge is -2.04. The van der Waals surface area contributed by atoms with Gasteiger partial charge in [-0.05, 0) is 31.4 Å². The third kappa shape index (κ3) is 9.87. The summed E-state index contributed by atoms with van der Waals surface area (Å²) < 4.78 is 0. The Balaban J connectivity index is 1.36. The van der Waals surface area contributed by atoms with Crippen LogP contribution in [-0.4, -0.2) is 10.9 Å². The summed E-state index contributed by atoms with van der Waals surface area (Å²) in [5, 5.41) is 1.23. The van der Waals surface area contributed by atoms with E-state index >= 15 is 0 Å². The smallest absolute Gasteiger partial charge is 0.217 e. The first kappa shape index (κ1) is 22.4. The Bertz CT molecular complexity index is 683. The van der Waals surface area contributed by atoms with Gasteiger partial charge in [0.25, 0.3) is 0 Å². The second kappa shape index (κ2) is 14.1. The predicted molar refractivity (Wildman–Crippen MR) is 119 cm³/mol. The average molecular weight is 383 g/mol. The molecule has 0 aliphatic rings. The molecule has 1 aromatic heterocycles. The Kier molecular flexibility index (Phi) is 11.3. The highest BCUT2D eigenvalue weighted by atomic mass is 16.1. The molecule has 0 saturated carbocycles. The van der Waals surface area contributed by atoms with Crippen molar-refractivity contribution < 1.29 is 4.79 Å². The van der Waals surface area contributed by atoms with Crippen LogP contribution in [0.2, 0.25) is 0 Å². The number of hydrogen-bond donors (Lipinski definition) is 1. The molecule has 0 bridgehead atoms. The number of hydrogen-bond acceptors (Lipinski definition) is 2. The standard InChI is InChI=1S/C25H38N2O/c26-25(28)19-13-11-9-7-5-3-1-2-4-6-8-10-12-17-23-21-20-22-16-14-15-18-24(22)27-23/h14-16,18,20-21H,1-13,17,19H2,(H2,26,28). The zero-order valence-electron chi connectivity index (χ0n) is 17.5. The Morgan fingerprint density at radius 2 is 1.21 bits per heavy atom. The van der Waals surface area contributed by atoms with Crippen molar-refractivity contribution in [1.29, 1.82) is 0 Å². The van der Waals surface area contributed by atoms with Gasteiger partial charge in [-0.1, -0.05) is 94.9 Å². The molecule has 0 spiro atoms. The van der Waals surface area contributed by atoms with Gasteiger partial charge in [0.2, 0.25) is 5.91 Å². The number of rotatable bonds is 16. The van der Waals surface area contributed by atoms with E-state index in [1.807, 2.05) is 0 Å². The third-order valence-corrected chi connectivity index (χ3v) is 5.51. The SMILES string of the molecule is NC(=O)CCCCCCCCCCCCCCCc1ccc2ccccc2n1. The minimum atomic E-state index is -0.162. The van der Waals surface area contributed by atoms with Crippen molar-refractivity contribution in [2.75, 3.05) is 0 Å². The lowest BCUT2D eigenvalue weighted by Crippen LogP contribution is -2.09. The van der Waals surface area contributed by atoms with Crippen molar-refractivity contribution >= 4 is 16.8 Å². The van der Waals surface area contributed by atoms with Crippen LogP contribution in [0.1, 0.15) is 95.6 Å². The largest absolute Gasteiger partial charge is 0.370 e. The van der Waals surface area contributed by atoms with E-state index in [2.05, 4.69) is 36.4 Å². The van der Waals surface area contributed by atoms with Gasteiger partial charge in [-0.3, -0.25) is 9.78 Å². The van der Waals surface area contributed by atoms with Crippen molar-refractivity contribution in [3.05, 3.63) is 42.1 Å². The maximum atomic E-state index is 10.6. The van der Waals surface area contributed by atoms with Crippen LogP contribution < -0.4 is 5.73 Å². The number of aryl methyl sites for hydroxylation is 1. The highest BCUT2D eigenvalue weighted by Crippen LogP contribution is 2.15. The van der Waals surface area contributed by atoms with E-state index in [1.54, 1.807) is 0 Å². The van der Waals surface area contributed by atoms with E-state index in [-0.39, 0.29) is 5.91 Å². The maximum Gasteiger partial charge on any atom is 0.217 e. The van der Waals surface area contributed by atoms with Gasteiger partial charge in [-0.2, -0.15) is 0 Å². The molecule has 3 heteroatoms. The van der Waals surface area contributed by atoms with Gasteiger partial charge in [0.1, 0.15) is 0 Å². The Hall–Kier alpha value is -1.90. The summed E-state index contributed by atoms with van der Waals surface area (Å²) in [6, 6.07) is 12.7. The van der Waals surface area contributed by atoms with Crippen LogP contribution in [0.5, 0.6) is 0 Å². The number of unbranched alkanes of at least 4 members (excludes halogenated alkanes) is 12. The number of carbonyl (C=O) groups is 1. The van der Waals surface area contributed by atoms with Gasteiger partial charge < -0.3 is 5.73 Å². The van der Waals surface area contributed by atoms with Crippen LogP contribution in [0, 0.1) is 0 Å². The molecule has 1 amide bonds. The Morgan fingerprint density at radius 3 is 1.82 bits per heavy atom. The molecule has 0 saturated heterocycles. The average Bonchev–Trinajstić information content (AvgIpc) is 2.70. The molecule has 0 radical (unpaired) electrons. The molecule has 0 atom stereocenters. The molecular weight excluding hydrogens is 344 g/mol. The van der Waals surface area contributed by atoms with Gasteiger partial charge >= 0.3 is 0 Å². The number of primary amides is 1. The number of para-hydroxylation sites is 1. The third-order valence-electron chi connectivity index (χ3n) is 5.51. The molecular formula is C25H38N2O. The molecule has 0 unspecified atom stereocenters. The van der Waals surface area contributed by atoms with E-state index in [0.29, 0.717) is 6.42 Å². The maximum absolute atomic E-state index is 10.6. The molecule has 3 nitrogen and oxygen atoms in total. The van der Waals surface area contributed by atoms with Crippen molar-refractivity contribution in [2.24, 2.45) is 5.73 Å². The van der Waals surface area contributed by atoms with Crippen molar-refractivity contribution in [3.63, 3.8) is 0 Å². The minimum Gasteiger partial charge on any atom is -0.370 e. The number of aromatic nitrogens is 1. The number of carbonyl (C=O) groups excluding carboxylic acids is 1. The second-order valence-electron chi connectivity index (χ2n) is 8.06. The highest BCUT2D eigenvalue weighted by Gasteiger charge is 1.99. The van der Waals surface area contributed by atoms with Crippen LogP contribution in [0.3, 0.4) is 0 Å². The molecule has 0 fully saturated rings. The predicted octanol–water partition coefficient (Wildman–Crippen LogP) is 6.72. The van der Waals surface area contributed by atoms with Crippen LogP contribution >= 0.6 is 0 Å². The first-order valence-corrected chi connectivity index (χ1v) is 11.4. The molecule has 0 aliphatic carbocycles. The fourth-order valence-corrected chi connectivity index (χ4v) is 3.80. The van der Waals surface area contributed by atoms with Crippen molar-refractivity contribution in [2.45, 2.75) is 96.3 Å². The highest BCUT2D eigenvalue weighted by molar-refractivity contribution is 5.78. The molecule has 28 heavy (non-hydrogen) atoms. The summed E-state index contributed by atoms with van der Waals surface area (Å²) in [6.07, 6.45) is 18.5. The number of amides is 1. The number of benzene rings is 1. The molecule has 2 rings (SSSR count). The van der Waals surface area contributed by atoms with E-state index < -0.39 is 0 Å². The van der Waals surface area contributed by atoms with Gasteiger partial charge in [0, 0.05) is 17.5 Å². The topological polar surface area (TPSA) is 56.0 Å². The fourth-order valence-electron chi connectivity index (χ4n) is 3.80. The van der Waals surface area contributed by atoms with E-state index in [1.165, 1.54) is 81.7 Å². The summed E-state index contributed by atoms with van der Waals surface area (Å²) in [4.78, 5) is 15.4. The van der Waals surface area contributed by atoms with Gasteiger partial charge in [-0.15, -0.1) is 0 Å². The number of fused-ring (bicyclic) bond motifs is 1. The van der Waals surface area contributed by atoms with Crippen molar-refractivity contribution in [3.8, 4) is 0 Å². The van der Waals surface area contributed by atoms with Crippen molar-refractivity contribution in [1.82, 2.24) is 4.98 Å². The molecule has 2 N–H and O–H groups in total. The van der Waals surface area contributed by atoms with E-state index in [9.17, 15) is 4.79 Å². The summed E-state index contributed by atoms with van der Waals surface area (Å²) >= 11 is 0. The monoisotopic (exact) mass is 382 g/mol. The minimum absolute atomic E-state index is 0.162. The molecule has 154 valence electrons. The number of nitrogens with zero attached hydrogens (tertiary/aromatic N) is 1. The lowest BCUT2D eigenvalue weighted by molar-refractivity contribution is -0.118. The van der Waals surface area contributed by atoms with Crippen LogP contribution in [0.15, 0.2) is 36.4 Å². The first-order chi connectivity index (χ1) is 13.8. The zero-order valence-corrected chi connectivity index (χ0v) is 17.5. The number of pyridine rings is 1. The Morgan fingerprint density at radius 1 is 0.679 bits per heavy atom. The van der Waals surface area contributed by atoms with Gasteiger partial charge in [-0.25, -0.2) is 0 Å². The van der Waals surface area contributed by atoms with E-state index in [0.717, 1.165) is 24.8 Å². The summed E-state index contributed by atoms with van der Waals surface area (Å²) in [7, 11) is 0. The quantitative estimate of drug-likeness (QED) is 0.327. The molecule has 0 aliphatic heterocycles. The normalized spacial score (nSPS) is 11.1. The van der Waals surface area contributed by atoms with Crippen LogP contribution in [0.4, 0.5) is 0 Å². The lowest BCUT2D eigenvalue weighted by atomic mass is 10.0. The van der Waals surface area contributed by atoms with Crippen LogP contribution in [-0.2, 0) is 11.2 Å². The van der Waals surface area contributed by atoms with E-state index in [4.69, 9.17) is 10.7 Å². The molecule has 1 aromatic carbocycles. The Labute approximate surface area is 171 Å². The summed E-state index contributed by atoms with van der Waals surface area (Å²) in [5.74, 6) is -0.162. The van der Waals surface area contributed by atoms with Gasteiger partial charge in [0.05, 0.1) is 5.52 Å². The zero-order chi connectivity index (χ0) is 19.9. The first-order valence-electron chi connectivity index (χ1n) is 11.4. The van der Waals surface area contributed by atoms with Crippen LogP contribution in [0.25, 0.3) is 10.9 Å². The second-order valence-corrected chi connectivity index (χ2v) is 8.06. The fraction of sp³-hybridized carbons (Fsp3) is 0.600. The molecule has 1 heterocycles. The molecule has 2 aromatic rings. The summed E-state index contributed by atoms with van der Waals surface area (Å²) in [6.45, 7) is 0. The van der Waals surface area contributed by atoms with Gasteiger partial charge in [0.15, 0.2) is 0 Å². The summed E-state index contributed by atoms with van der Waals surface area (Å²) in [5.41, 5.74) is 7.49.